The molecule has 0 bridgehead atoms. The van der Waals surface area contributed by atoms with Crippen LogP contribution in [0.3, 0.4) is 0 Å². The maximum absolute atomic E-state index is 13.1. The van der Waals surface area contributed by atoms with Gasteiger partial charge < -0.3 is 14.8 Å². The van der Waals surface area contributed by atoms with Gasteiger partial charge >= 0.3 is 0 Å². The minimum absolute atomic E-state index is 0.200. The molecule has 1 N–H and O–H groups in total. The maximum Gasteiger partial charge on any atom is 0.278 e. The molecule has 2 aromatic carbocycles. The molecule has 0 saturated heterocycles. The Bertz CT molecular complexity index is 949. The van der Waals surface area contributed by atoms with E-state index in [-0.39, 0.29) is 30.7 Å². The Morgan fingerprint density at radius 1 is 0.964 bits per heavy atom. The molecule has 0 unspecified atom stereocenters. The number of aryl methyl sites for hydroxylation is 2. The van der Waals surface area contributed by atoms with Gasteiger partial charge in [0.1, 0.15) is 11.4 Å². The van der Waals surface area contributed by atoms with E-state index in [4.69, 9.17) is 9.47 Å². The molecule has 1 aliphatic heterocycles. The van der Waals surface area contributed by atoms with Crippen LogP contribution in [0.4, 0.5) is 5.69 Å². The molecule has 2 aromatic rings. The van der Waals surface area contributed by atoms with Crippen molar-refractivity contribution in [3.63, 3.8) is 0 Å². The van der Waals surface area contributed by atoms with Crippen LogP contribution < -0.4 is 10.1 Å². The number of nitrogens with zero attached hydrogens (tertiary/aromatic N) is 1. The normalized spacial score (nSPS) is 14.1. The van der Waals surface area contributed by atoms with Crippen LogP contribution in [0.15, 0.2) is 48.2 Å². The number of nitrogens with one attached hydrogen (secondary N) is 1. The van der Waals surface area contributed by atoms with Crippen LogP contribution in [-0.4, -0.2) is 44.1 Å². The molecule has 2 amide bonds. The molecule has 0 aromatic heterocycles. The van der Waals surface area contributed by atoms with Crippen molar-refractivity contribution >= 4 is 23.1 Å². The average Bonchev–Trinajstić information content (AvgIpc) is 2.92. The standard InChI is InChI=1S/C22H24N2O4/c1-14-8-9-16(12-15(14)2)19-20(22(26)24(21(19)25)10-11-27-3)23-17-6-5-7-18(13-17)28-4/h5-9,12-13,23H,10-11H2,1-4H3. The van der Waals surface area contributed by atoms with Gasteiger partial charge in [-0.05, 0) is 42.7 Å². The van der Waals surface area contributed by atoms with Gasteiger partial charge in [0.2, 0.25) is 0 Å². The molecule has 1 aliphatic rings. The quantitative estimate of drug-likeness (QED) is 0.748. The first-order valence-corrected chi connectivity index (χ1v) is 9.04. The summed E-state index contributed by atoms with van der Waals surface area (Å²) >= 11 is 0. The van der Waals surface area contributed by atoms with Crippen molar-refractivity contribution in [2.75, 3.05) is 32.7 Å². The number of imide groups is 1. The Morgan fingerprint density at radius 3 is 2.43 bits per heavy atom. The molecule has 0 saturated carbocycles. The molecule has 0 radical (unpaired) electrons. The van der Waals surface area contributed by atoms with Crippen molar-refractivity contribution in [2.45, 2.75) is 13.8 Å². The third-order valence-electron chi connectivity index (χ3n) is 4.82. The predicted octanol–water partition coefficient (Wildman–Crippen LogP) is 3.15. The Morgan fingerprint density at radius 2 is 1.75 bits per heavy atom. The molecule has 0 spiro atoms. The molecule has 0 aliphatic carbocycles. The Labute approximate surface area is 164 Å². The van der Waals surface area contributed by atoms with Crippen LogP contribution in [0.1, 0.15) is 16.7 Å². The van der Waals surface area contributed by atoms with Gasteiger partial charge in [0.25, 0.3) is 11.8 Å². The third kappa shape index (κ3) is 3.77. The highest BCUT2D eigenvalue weighted by molar-refractivity contribution is 6.36. The monoisotopic (exact) mass is 380 g/mol. The zero-order valence-corrected chi connectivity index (χ0v) is 16.5. The van der Waals surface area contributed by atoms with Crippen molar-refractivity contribution in [2.24, 2.45) is 0 Å². The summed E-state index contributed by atoms with van der Waals surface area (Å²) in [6, 6.07) is 13.0. The van der Waals surface area contributed by atoms with Gasteiger partial charge in [-0.2, -0.15) is 0 Å². The van der Waals surface area contributed by atoms with Crippen LogP contribution in [-0.2, 0) is 14.3 Å². The molecule has 146 valence electrons. The van der Waals surface area contributed by atoms with E-state index in [2.05, 4.69) is 5.32 Å². The fourth-order valence-electron chi connectivity index (χ4n) is 3.09. The number of anilines is 1. The molecule has 0 atom stereocenters. The van der Waals surface area contributed by atoms with E-state index in [0.717, 1.165) is 11.1 Å². The average molecular weight is 380 g/mol. The summed E-state index contributed by atoms with van der Waals surface area (Å²) in [7, 11) is 3.12. The summed E-state index contributed by atoms with van der Waals surface area (Å²) in [5, 5.41) is 3.13. The summed E-state index contributed by atoms with van der Waals surface area (Å²) < 4.78 is 10.3. The van der Waals surface area contributed by atoms with Crippen LogP contribution in [0.2, 0.25) is 0 Å². The van der Waals surface area contributed by atoms with E-state index in [1.165, 1.54) is 12.0 Å². The number of amides is 2. The van der Waals surface area contributed by atoms with Crippen LogP contribution >= 0.6 is 0 Å². The van der Waals surface area contributed by atoms with Gasteiger partial charge in [-0.1, -0.05) is 24.3 Å². The van der Waals surface area contributed by atoms with Crippen LogP contribution in [0.5, 0.6) is 5.75 Å². The lowest BCUT2D eigenvalue weighted by Crippen LogP contribution is -2.35. The number of rotatable bonds is 7. The number of hydrogen-bond acceptors (Lipinski definition) is 5. The Kier molecular flexibility index (Phi) is 5.80. The van der Waals surface area contributed by atoms with Gasteiger partial charge in [-0.3, -0.25) is 14.5 Å². The number of carbonyl (C=O) groups excluding carboxylic acids is 2. The predicted molar refractivity (Wildman–Crippen MR) is 108 cm³/mol. The summed E-state index contributed by atoms with van der Waals surface area (Å²) in [5.74, 6) is -0.0276. The number of hydrogen-bond donors (Lipinski definition) is 1. The topological polar surface area (TPSA) is 67.9 Å². The number of carbonyl (C=O) groups is 2. The van der Waals surface area contributed by atoms with Crippen molar-refractivity contribution in [3.05, 3.63) is 64.9 Å². The van der Waals surface area contributed by atoms with Gasteiger partial charge in [-0.25, -0.2) is 0 Å². The Balaban J connectivity index is 2.06. The first-order valence-electron chi connectivity index (χ1n) is 9.04. The molecular formula is C22H24N2O4. The second-order valence-electron chi connectivity index (χ2n) is 6.66. The van der Waals surface area contributed by atoms with E-state index in [9.17, 15) is 9.59 Å². The van der Waals surface area contributed by atoms with E-state index in [0.29, 0.717) is 22.6 Å². The minimum Gasteiger partial charge on any atom is -0.497 e. The summed E-state index contributed by atoms with van der Waals surface area (Å²) in [4.78, 5) is 27.3. The SMILES string of the molecule is COCCN1C(=O)C(Nc2cccc(OC)c2)=C(c2ccc(C)c(C)c2)C1=O. The zero-order chi connectivity index (χ0) is 20.3. The molecule has 6 heteroatoms. The molecular weight excluding hydrogens is 356 g/mol. The largest absolute Gasteiger partial charge is 0.497 e. The van der Waals surface area contributed by atoms with Crippen LogP contribution in [0, 0.1) is 13.8 Å². The number of benzene rings is 2. The first kappa shape index (κ1) is 19.6. The molecule has 3 rings (SSSR count). The number of methoxy groups -OCH3 is 2. The van der Waals surface area contributed by atoms with E-state index < -0.39 is 0 Å². The summed E-state index contributed by atoms with van der Waals surface area (Å²) in [5.41, 5.74) is 4.20. The van der Waals surface area contributed by atoms with E-state index in [1.54, 1.807) is 13.2 Å². The van der Waals surface area contributed by atoms with E-state index >= 15 is 0 Å². The molecule has 1 heterocycles. The fourth-order valence-corrected chi connectivity index (χ4v) is 3.09. The van der Waals surface area contributed by atoms with Crippen molar-refractivity contribution in [3.8, 4) is 5.75 Å². The van der Waals surface area contributed by atoms with E-state index in [1.807, 2.05) is 50.2 Å². The third-order valence-corrected chi connectivity index (χ3v) is 4.82. The summed E-state index contributed by atoms with van der Waals surface area (Å²) in [6.45, 7) is 4.48. The lowest BCUT2D eigenvalue weighted by molar-refractivity contribution is -0.137. The Hall–Kier alpha value is -3.12. The van der Waals surface area contributed by atoms with Gasteiger partial charge in [-0.15, -0.1) is 0 Å². The zero-order valence-electron chi connectivity index (χ0n) is 16.5. The molecule has 6 nitrogen and oxygen atoms in total. The highest BCUT2D eigenvalue weighted by atomic mass is 16.5. The molecule has 28 heavy (non-hydrogen) atoms. The van der Waals surface area contributed by atoms with Gasteiger partial charge in [0.15, 0.2) is 0 Å². The van der Waals surface area contributed by atoms with Crippen molar-refractivity contribution in [1.29, 1.82) is 0 Å². The van der Waals surface area contributed by atoms with Gasteiger partial charge in [0, 0.05) is 18.9 Å². The second kappa shape index (κ2) is 8.27. The fraction of sp³-hybridized carbons (Fsp3) is 0.273. The van der Waals surface area contributed by atoms with Crippen molar-refractivity contribution in [1.82, 2.24) is 4.90 Å². The minimum atomic E-state index is -0.363. The molecule has 0 fully saturated rings. The second-order valence-corrected chi connectivity index (χ2v) is 6.66. The first-order chi connectivity index (χ1) is 13.5. The van der Waals surface area contributed by atoms with Crippen molar-refractivity contribution < 1.29 is 19.1 Å². The lowest BCUT2D eigenvalue weighted by atomic mass is 9.99. The lowest BCUT2D eigenvalue weighted by Gasteiger charge is -2.14. The van der Waals surface area contributed by atoms with Crippen LogP contribution in [0.25, 0.3) is 5.57 Å². The number of ether oxygens (including phenoxy) is 2. The maximum atomic E-state index is 13.1. The smallest absolute Gasteiger partial charge is 0.278 e. The highest BCUT2D eigenvalue weighted by Gasteiger charge is 2.39. The highest BCUT2D eigenvalue weighted by Crippen LogP contribution is 2.32. The van der Waals surface area contributed by atoms with Gasteiger partial charge in [0.05, 0.1) is 25.8 Å². The summed E-state index contributed by atoms with van der Waals surface area (Å²) in [6.07, 6.45) is 0.